The highest BCUT2D eigenvalue weighted by Gasteiger charge is 2.41. The van der Waals surface area contributed by atoms with Crippen molar-refractivity contribution in [2.75, 3.05) is 7.11 Å². The lowest BCUT2D eigenvalue weighted by Gasteiger charge is -2.23. The Morgan fingerprint density at radius 1 is 1.42 bits per heavy atom. The van der Waals surface area contributed by atoms with Crippen LogP contribution in [0.3, 0.4) is 0 Å². The van der Waals surface area contributed by atoms with Gasteiger partial charge in [-0.15, -0.1) is 0 Å². The van der Waals surface area contributed by atoms with E-state index in [9.17, 15) is 18.0 Å². The average Bonchev–Trinajstić information content (AvgIpc) is 2.99. The van der Waals surface area contributed by atoms with Crippen LogP contribution in [0.2, 0.25) is 0 Å². The zero-order chi connectivity index (χ0) is 17.5. The molecule has 1 aromatic heterocycles. The van der Waals surface area contributed by atoms with Gasteiger partial charge in [0.25, 0.3) is 0 Å². The number of hydrogen-bond donors (Lipinski definition) is 1. The summed E-state index contributed by atoms with van der Waals surface area (Å²) in [5.74, 6) is -1.68. The normalized spacial score (nSPS) is 16.9. The van der Waals surface area contributed by atoms with Crippen molar-refractivity contribution in [3.8, 4) is 5.69 Å². The van der Waals surface area contributed by atoms with Crippen molar-refractivity contribution in [1.29, 1.82) is 0 Å². The molecule has 2 aromatic rings. The van der Waals surface area contributed by atoms with Crippen LogP contribution < -0.4 is 0 Å². The highest BCUT2D eigenvalue weighted by atomic mass is 19.4. The van der Waals surface area contributed by atoms with Gasteiger partial charge in [-0.05, 0) is 18.1 Å². The van der Waals surface area contributed by atoms with Crippen LogP contribution in [-0.4, -0.2) is 28.0 Å². The zero-order valence-corrected chi connectivity index (χ0v) is 12.5. The monoisotopic (exact) mass is 338 g/mol. The molecule has 0 amide bonds. The zero-order valence-electron chi connectivity index (χ0n) is 12.5. The molecule has 0 aliphatic heterocycles. The van der Waals surface area contributed by atoms with E-state index in [1.165, 1.54) is 13.2 Å². The number of fused-ring (bicyclic) bond motifs is 1. The maximum Gasteiger partial charge on any atom is 0.434 e. The molecule has 0 fully saturated rings. The van der Waals surface area contributed by atoms with Gasteiger partial charge in [0.1, 0.15) is 5.56 Å². The number of carboxylic acids is 1. The van der Waals surface area contributed by atoms with Crippen LogP contribution in [0, 0.1) is 0 Å². The summed E-state index contributed by atoms with van der Waals surface area (Å²) in [6, 6.07) is 4.84. The van der Waals surface area contributed by atoms with Gasteiger partial charge in [0, 0.05) is 12.7 Å². The molecule has 1 atom stereocenters. The first-order chi connectivity index (χ1) is 11.3. The second kappa shape index (κ2) is 5.79. The molecule has 5 nitrogen and oxygen atoms in total. The lowest BCUT2D eigenvalue weighted by atomic mass is 9.93. The topological polar surface area (TPSA) is 64.4 Å². The van der Waals surface area contributed by atoms with Gasteiger partial charge >= 0.3 is 12.1 Å². The van der Waals surface area contributed by atoms with Crippen molar-refractivity contribution in [2.45, 2.75) is 18.7 Å². The number of rotatable bonds is 3. The number of benzene rings is 1. The third-order valence-corrected chi connectivity index (χ3v) is 3.88. The molecule has 1 N–H and O–H groups in total. The van der Waals surface area contributed by atoms with E-state index in [1.54, 1.807) is 24.3 Å². The van der Waals surface area contributed by atoms with Gasteiger partial charge in [-0.1, -0.05) is 24.3 Å². The number of ether oxygens (including phenoxy) is 1. The maximum absolute atomic E-state index is 13.4. The summed E-state index contributed by atoms with van der Waals surface area (Å²) >= 11 is 0. The molecule has 0 radical (unpaired) electrons. The minimum atomic E-state index is -4.86. The predicted molar refractivity (Wildman–Crippen MR) is 78.9 cm³/mol. The Labute approximate surface area is 135 Å². The summed E-state index contributed by atoms with van der Waals surface area (Å²) in [7, 11) is 1.53. The lowest BCUT2D eigenvalue weighted by molar-refractivity contribution is -0.143. The third kappa shape index (κ3) is 2.58. The van der Waals surface area contributed by atoms with E-state index < -0.39 is 23.4 Å². The van der Waals surface area contributed by atoms with E-state index in [4.69, 9.17) is 9.84 Å². The smallest absolute Gasteiger partial charge is 0.434 e. The molecule has 1 unspecified atom stereocenters. The van der Waals surface area contributed by atoms with E-state index in [1.807, 2.05) is 0 Å². The molecule has 0 spiro atoms. The molecule has 1 aliphatic carbocycles. The van der Waals surface area contributed by atoms with Gasteiger partial charge in [0.15, 0.2) is 5.69 Å². The fourth-order valence-corrected chi connectivity index (χ4v) is 2.84. The number of carboxylic acid groups (broad SMARTS) is 1. The summed E-state index contributed by atoms with van der Waals surface area (Å²) in [6.07, 6.45) is -0.305. The van der Waals surface area contributed by atoms with E-state index in [2.05, 4.69) is 5.10 Å². The molecule has 0 saturated heterocycles. The minimum absolute atomic E-state index is 0.158. The number of hydrogen-bond acceptors (Lipinski definition) is 3. The predicted octanol–water partition coefficient (Wildman–Crippen LogP) is 3.69. The molecule has 0 bridgehead atoms. The van der Waals surface area contributed by atoms with Gasteiger partial charge < -0.3 is 9.84 Å². The van der Waals surface area contributed by atoms with Gasteiger partial charge in [-0.25, -0.2) is 9.48 Å². The largest absolute Gasteiger partial charge is 0.478 e. The van der Waals surface area contributed by atoms with Crippen LogP contribution in [-0.2, 0) is 10.9 Å². The summed E-state index contributed by atoms with van der Waals surface area (Å²) in [5.41, 5.74) is -0.774. The first-order valence-corrected chi connectivity index (χ1v) is 7.05. The van der Waals surface area contributed by atoms with E-state index in [0.29, 0.717) is 22.9 Å². The molecule has 1 aliphatic rings. The van der Waals surface area contributed by atoms with Crippen molar-refractivity contribution in [2.24, 2.45) is 0 Å². The summed E-state index contributed by atoms with van der Waals surface area (Å²) in [6.45, 7) is 0. The third-order valence-electron chi connectivity index (χ3n) is 3.88. The Bertz CT molecular complexity index is 824. The molecule has 1 aromatic carbocycles. The van der Waals surface area contributed by atoms with Gasteiger partial charge in [-0.3, -0.25) is 0 Å². The fourth-order valence-electron chi connectivity index (χ4n) is 2.84. The number of methoxy groups -OCH3 is 1. The summed E-state index contributed by atoms with van der Waals surface area (Å²) in [5, 5.41) is 12.7. The second-order valence-electron chi connectivity index (χ2n) is 5.26. The van der Waals surface area contributed by atoms with Gasteiger partial charge in [0.05, 0.1) is 18.0 Å². The quantitative estimate of drug-likeness (QED) is 0.927. The van der Waals surface area contributed by atoms with Crippen molar-refractivity contribution in [3.63, 3.8) is 0 Å². The van der Waals surface area contributed by atoms with Crippen LogP contribution in [0.15, 0.2) is 30.5 Å². The Morgan fingerprint density at radius 3 is 2.79 bits per heavy atom. The molecular formula is C16H13F3N2O3. The van der Waals surface area contributed by atoms with E-state index in [-0.39, 0.29) is 11.8 Å². The van der Waals surface area contributed by atoms with Gasteiger partial charge in [-0.2, -0.15) is 18.3 Å². The first kappa shape index (κ1) is 16.3. The number of halogens is 3. The molecule has 1 heterocycles. The molecule has 3 rings (SSSR count). The summed E-state index contributed by atoms with van der Waals surface area (Å²) in [4.78, 5) is 11.1. The fraction of sp³-hybridized carbons (Fsp3) is 0.250. The van der Waals surface area contributed by atoms with Crippen molar-refractivity contribution in [1.82, 2.24) is 9.78 Å². The van der Waals surface area contributed by atoms with Crippen molar-refractivity contribution in [3.05, 3.63) is 52.9 Å². The van der Waals surface area contributed by atoms with Crippen LogP contribution in [0.5, 0.6) is 0 Å². The standard InChI is InChI=1S/C16H13F3N2O3/c1-24-13-7-3-4-9-10(13)5-2-6-12(9)21-14(16(17,18)19)11(8-20-21)15(22)23/h2-6,8,13H,7H2,1H3,(H,22,23). The Kier molecular flexibility index (Phi) is 3.92. The van der Waals surface area contributed by atoms with Crippen molar-refractivity contribution >= 4 is 12.0 Å². The Balaban J connectivity index is 2.26. The molecule has 8 heteroatoms. The number of aromatic carboxylic acids is 1. The van der Waals surface area contributed by atoms with Gasteiger partial charge in [0.2, 0.25) is 0 Å². The first-order valence-electron chi connectivity index (χ1n) is 7.05. The SMILES string of the molecule is COC1CC=Cc2c1cccc2-n1ncc(C(=O)O)c1C(F)(F)F. The molecule has 126 valence electrons. The number of carbonyl (C=O) groups is 1. The molecule has 0 saturated carbocycles. The summed E-state index contributed by atoms with van der Waals surface area (Å²) < 4.78 is 46.2. The number of nitrogens with zero attached hydrogens (tertiary/aromatic N) is 2. The van der Waals surface area contributed by atoms with E-state index >= 15 is 0 Å². The highest BCUT2D eigenvalue weighted by Crippen LogP contribution is 2.38. The minimum Gasteiger partial charge on any atom is -0.478 e. The average molecular weight is 338 g/mol. The highest BCUT2D eigenvalue weighted by molar-refractivity contribution is 5.89. The van der Waals surface area contributed by atoms with Crippen LogP contribution in [0.25, 0.3) is 11.8 Å². The lowest BCUT2D eigenvalue weighted by Crippen LogP contribution is -2.18. The molecular weight excluding hydrogens is 325 g/mol. The second-order valence-corrected chi connectivity index (χ2v) is 5.26. The molecule has 24 heavy (non-hydrogen) atoms. The maximum atomic E-state index is 13.4. The van der Waals surface area contributed by atoms with Crippen molar-refractivity contribution < 1.29 is 27.8 Å². The number of aromatic nitrogens is 2. The van der Waals surface area contributed by atoms with Crippen LogP contribution >= 0.6 is 0 Å². The number of alkyl halides is 3. The Morgan fingerprint density at radius 2 is 2.17 bits per heavy atom. The van der Waals surface area contributed by atoms with E-state index in [0.717, 1.165) is 5.56 Å². The Hall–Kier alpha value is -2.61. The van der Waals surface area contributed by atoms with Crippen LogP contribution in [0.4, 0.5) is 13.2 Å². The van der Waals surface area contributed by atoms with Crippen LogP contribution in [0.1, 0.15) is 39.7 Å².